The van der Waals surface area contributed by atoms with Gasteiger partial charge in [0, 0.05) is 5.39 Å². The molecule has 4 aromatic rings. The molecular weight excluding hydrogens is 420 g/mol. The van der Waals surface area contributed by atoms with E-state index in [1.165, 1.54) is 11.1 Å². The molecule has 0 fully saturated rings. The number of para-hydroxylation sites is 1. The lowest BCUT2D eigenvalue weighted by molar-refractivity contribution is 0.171. The van der Waals surface area contributed by atoms with Gasteiger partial charge >= 0.3 is 0 Å². The number of rotatable bonds is 1. The first-order valence-electron chi connectivity index (χ1n) is 10.8. The third kappa shape index (κ3) is 5.52. The number of hydrogen-bond donors (Lipinski definition) is 0. The van der Waals surface area contributed by atoms with Crippen molar-refractivity contribution in [2.45, 2.75) is 20.8 Å². The molecule has 0 bridgehead atoms. The summed E-state index contributed by atoms with van der Waals surface area (Å²) in [5, 5.41) is 1.09. The quantitative estimate of drug-likeness (QED) is 0.344. The van der Waals surface area contributed by atoms with Crippen molar-refractivity contribution in [1.29, 1.82) is 0 Å². The SMILES string of the molecule is COc1cccc2cc(C)oc12.Cc1ccc2c(c1)OCCO2.Cc1ccc2c(c1)OCO2. The summed E-state index contributed by atoms with van der Waals surface area (Å²) < 4.78 is 31.6. The molecule has 2 aliphatic heterocycles. The predicted octanol–water partition coefficient (Wildman–Crippen LogP) is 6.24. The van der Waals surface area contributed by atoms with Crippen LogP contribution >= 0.6 is 0 Å². The lowest BCUT2D eigenvalue weighted by Gasteiger charge is -2.18. The number of furan rings is 1. The number of hydrogen-bond acceptors (Lipinski definition) is 6. The van der Waals surface area contributed by atoms with Gasteiger partial charge in [0.2, 0.25) is 6.79 Å². The summed E-state index contributed by atoms with van der Waals surface area (Å²) >= 11 is 0. The molecule has 0 amide bonds. The second kappa shape index (κ2) is 10.2. The fourth-order valence-corrected chi connectivity index (χ4v) is 3.48. The van der Waals surface area contributed by atoms with Crippen LogP contribution in [-0.4, -0.2) is 27.1 Å². The first-order chi connectivity index (χ1) is 16.0. The highest BCUT2D eigenvalue weighted by molar-refractivity contribution is 5.83. The minimum Gasteiger partial charge on any atom is -0.493 e. The topological polar surface area (TPSA) is 59.3 Å². The lowest BCUT2D eigenvalue weighted by Crippen LogP contribution is -2.15. The summed E-state index contributed by atoms with van der Waals surface area (Å²) in [7, 11) is 1.65. The molecule has 0 radical (unpaired) electrons. The Morgan fingerprint density at radius 1 is 0.667 bits per heavy atom. The molecule has 33 heavy (non-hydrogen) atoms. The van der Waals surface area contributed by atoms with Gasteiger partial charge in [0.25, 0.3) is 0 Å². The molecule has 1 aromatic heterocycles. The van der Waals surface area contributed by atoms with E-state index in [0.717, 1.165) is 45.5 Å². The van der Waals surface area contributed by atoms with E-state index in [1.807, 2.05) is 81.4 Å². The Morgan fingerprint density at radius 2 is 1.27 bits per heavy atom. The van der Waals surface area contributed by atoms with Gasteiger partial charge in [0.15, 0.2) is 34.3 Å². The Bertz CT molecular complexity index is 1230. The number of methoxy groups -OCH3 is 1. The van der Waals surface area contributed by atoms with Crippen LogP contribution in [0.2, 0.25) is 0 Å². The summed E-state index contributed by atoms with van der Waals surface area (Å²) in [6, 6.07) is 19.7. The molecule has 3 aromatic carbocycles. The molecule has 6 nitrogen and oxygen atoms in total. The van der Waals surface area contributed by atoms with Crippen molar-refractivity contribution in [2.75, 3.05) is 27.1 Å². The van der Waals surface area contributed by atoms with E-state index in [2.05, 4.69) is 0 Å². The minimum atomic E-state index is 0.360. The third-order valence-corrected chi connectivity index (χ3v) is 5.08. The third-order valence-electron chi connectivity index (χ3n) is 5.08. The van der Waals surface area contributed by atoms with E-state index in [0.29, 0.717) is 20.0 Å². The second-order valence-corrected chi connectivity index (χ2v) is 7.74. The van der Waals surface area contributed by atoms with Crippen LogP contribution in [0.3, 0.4) is 0 Å². The van der Waals surface area contributed by atoms with Gasteiger partial charge in [-0.2, -0.15) is 0 Å². The molecule has 0 unspecified atom stereocenters. The average Bonchev–Trinajstić information content (AvgIpc) is 3.44. The van der Waals surface area contributed by atoms with Crippen molar-refractivity contribution >= 4 is 11.0 Å². The maximum absolute atomic E-state index is 5.46. The Labute approximate surface area is 193 Å². The molecule has 0 saturated heterocycles. The minimum absolute atomic E-state index is 0.360. The molecule has 0 spiro atoms. The predicted molar refractivity (Wildman–Crippen MR) is 127 cm³/mol. The van der Waals surface area contributed by atoms with Crippen LogP contribution < -0.4 is 23.7 Å². The van der Waals surface area contributed by atoms with Crippen molar-refractivity contribution in [2.24, 2.45) is 0 Å². The lowest BCUT2D eigenvalue weighted by atomic mass is 10.2. The van der Waals surface area contributed by atoms with Gasteiger partial charge in [-0.1, -0.05) is 24.3 Å². The average molecular weight is 449 g/mol. The summed E-state index contributed by atoms with van der Waals surface area (Å²) in [5.41, 5.74) is 3.23. The normalized spacial score (nSPS) is 12.8. The zero-order chi connectivity index (χ0) is 23.2. The van der Waals surface area contributed by atoms with Crippen molar-refractivity contribution in [1.82, 2.24) is 0 Å². The molecule has 6 rings (SSSR count). The van der Waals surface area contributed by atoms with E-state index in [-0.39, 0.29) is 0 Å². The maximum atomic E-state index is 5.46. The molecular formula is C27H28O6. The summed E-state index contributed by atoms with van der Waals surface area (Å²) in [5.74, 6) is 5.15. The fourth-order valence-electron chi connectivity index (χ4n) is 3.48. The molecule has 0 aliphatic carbocycles. The van der Waals surface area contributed by atoms with Gasteiger partial charge in [-0.3, -0.25) is 0 Å². The van der Waals surface area contributed by atoms with Crippen LogP contribution in [0.15, 0.2) is 65.1 Å². The Balaban J connectivity index is 0.000000118. The monoisotopic (exact) mass is 448 g/mol. The van der Waals surface area contributed by atoms with E-state index < -0.39 is 0 Å². The van der Waals surface area contributed by atoms with Crippen LogP contribution in [0.4, 0.5) is 0 Å². The largest absolute Gasteiger partial charge is 0.493 e. The van der Waals surface area contributed by atoms with Gasteiger partial charge in [0.1, 0.15) is 19.0 Å². The molecule has 6 heteroatoms. The first kappa shape index (κ1) is 22.4. The van der Waals surface area contributed by atoms with Crippen molar-refractivity contribution < 1.29 is 28.1 Å². The number of fused-ring (bicyclic) bond motifs is 3. The Hall–Kier alpha value is -3.80. The van der Waals surface area contributed by atoms with Gasteiger partial charge in [0.05, 0.1) is 7.11 Å². The van der Waals surface area contributed by atoms with Crippen molar-refractivity contribution in [3.8, 4) is 28.7 Å². The molecule has 2 aliphatic rings. The highest BCUT2D eigenvalue weighted by atomic mass is 16.7. The van der Waals surface area contributed by atoms with Crippen LogP contribution in [0, 0.1) is 20.8 Å². The summed E-state index contributed by atoms with van der Waals surface area (Å²) in [6.45, 7) is 7.69. The van der Waals surface area contributed by atoms with Crippen LogP contribution in [0.25, 0.3) is 11.0 Å². The maximum Gasteiger partial charge on any atom is 0.231 e. The molecule has 3 heterocycles. The number of aryl methyl sites for hydroxylation is 3. The highest BCUT2D eigenvalue weighted by Crippen LogP contribution is 2.32. The first-order valence-corrected chi connectivity index (χ1v) is 10.8. The summed E-state index contributed by atoms with van der Waals surface area (Å²) in [6.07, 6.45) is 0. The van der Waals surface area contributed by atoms with Crippen molar-refractivity contribution in [3.05, 3.63) is 77.6 Å². The van der Waals surface area contributed by atoms with E-state index in [1.54, 1.807) is 7.11 Å². The van der Waals surface area contributed by atoms with E-state index in [9.17, 15) is 0 Å². The van der Waals surface area contributed by atoms with Gasteiger partial charge < -0.3 is 28.1 Å². The van der Waals surface area contributed by atoms with Gasteiger partial charge in [-0.15, -0.1) is 0 Å². The smallest absolute Gasteiger partial charge is 0.231 e. The van der Waals surface area contributed by atoms with Crippen LogP contribution in [-0.2, 0) is 0 Å². The highest BCUT2D eigenvalue weighted by Gasteiger charge is 2.11. The molecule has 0 atom stereocenters. The zero-order valence-corrected chi connectivity index (χ0v) is 19.3. The molecule has 0 N–H and O–H groups in total. The van der Waals surface area contributed by atoms with Crippen LogP contribution in [0.1, 0.15) is 16.9 Å². The second-order valence-electron chi connectivity index (χ2n) is 7.74. The van der Waals surface area contributed by atoms with Crippen LogP contribution in [0.5, 0.6) is 28.7 Å². The number of ether oxygens (including phenoxy) is 5. The Morgan fingerprint density at radius 3 is 1.97 bits per heavy atom. The van der Waals surface area contributed by atoms with Gasteiger partial charge in [-0.25, -0.2) is 0 Å². The van der Waals surface area contributed by atoms with Crippen molar-refractivity contribution in [3.63, 3.8) is 0 Å². The molecule has 0 saturated carbocycles. The Kier molecular flexibility index (Phi) is 6.93. The van der Waals surface area contributed by atoms with Gasteiger partial charge in [-0.05, 0) is 68.3 Å². The van der Waals surface area contributed by atoms with E-state index in [4.69, 9.17) is 28.1 Å². The number of benzene rings is 3. The van der Waals surface area contributed by atoms with E-state index >= 15 is 0 Å². The zero-order valence-electron chi connectivity index (χ0n) is 19.3. The fraction of sp³-hybridized carbons (Fsp3) is 0.259. The molecule has 172 valence electrons. The summed E-state index contributed by atoms with van der Waals surface area (Å²) in [4.78, 5) is 0. The standard InChI is InChI=1S/C10H10O2.C9H10O2.C8H8O2/c1-7-6-8-4-3-5-9(11-2)10(8)12-7;1-7-2-3-8-9(6-7)11-5-4-10-8;1-6-2-3-7-8(4-6)10-5-9-7/h3-6H,1-2H3;2-3,6H,4-5H2,1H3;2-4H,5H2,1H3.